The van der Waals surface area contributed by atoms with Gasteiger partial charge in [0.1, 0.15) is 11.6 Å². The number of ether oxygens (including phenoxy) is 1. The van der Waals surface area contributed by atoms with Crippen LogP contribution in [-0.2, 0) is 10.2 Å². The maximum absolute atomic E-state index is 13.4. The Bertz CT molecular complexity index is 923. The predicted octanol–water partition coefficient (Wildman–Crippen LogP) is 2.47. The molecule has 2 N–H and O–H groups in total. The zero-order valence-corrected chi connectivity index (χ0v) is 15.7. The van der Waals surface area contributed by atoms with Crippen molar-refractivity contribution in [1.29, 1.82) is 0 Å². The van der Waals surface area contributed by atoms with E-state index in [9.17, 15) is 14.3 Å². The number of aliphatic hydroxyl groups is 1. The Balaban J connectivity index is 1.12. The van der Waals surface area contributed by atoms with Crippen LogP contribution >= 0.6 is 11.6 Å². The van der Waals surface area contributed by atoms with E-state index in [1.54, 1.807) is 0 Å². The van der Waals surface area contributed by atoms with Crippen molar-refractivity contribution >= 4 is 17.5 Å². The van der Waals surface area contributed by atoms with Crippen molar-refractivity contribution in [3.63, 3.8) is 0 Å². The molecule has 28 heavy (non-hydrogen) atoms. The molecule has 9 heteroatoms. The molecule has 0 spiro atoms. The van der Waals surface area contributed by atoms with Crippen LogP contribution < -0.4 is 10.1 Å². The van der Waals surface area contributed by atoms with Crippen LogP contribution in [-0.4, -0.2) is 39.5 Å². The number of carbonyl (C=O) groups excluding carboxylic acids is 1. The number of carbonyl (C=O) groups is 1. The average Bonchev–Trinajstić information content (AvgIpc) is 3.04. The maximum Gasteiger partial charge on any atom is 0.258 e. The smallest absolute Gasteiger partial charge is 0.258 e. The van der Waals surface area contributed by atoms with Crippen LogP contribution in [0.3, 0.4) is 0 Å². The molecule has 4 aliphatic rings. The number of halogens is 2. The minimum atomic E-state index is -0.587. The summed E-state index contributed by atoms with van der Waals surface area (Å²) in [5.41, 5.74) is -0.381. The Kier molecular flexibility index (Phi) is 3.93. The van der Waals surface area contributed by atoms with Crippen molar-refractivity contribution in [2.45, 2.75) is 55.1 Å². The van der Waals surface area contributed by atoms with Crippen molar-refractivity contribution < 1.29 is 23.4 Å². The Morgan fingerprint density at radius 3 is 2.79 bits per heavy atom. The van der Waals surface area contributed by atoms with Gasteiger partial charge in [0.15, 0.2) is 6.61 Å². The van der Waals surface area contributed by atoms with Gasteiger partial charge in [-0.15, -0.1) is 10.2 Å². The van der Waals surface area contributed by atoms with Gasteiger partial charge in [-0.1, -0.05) is 11.6 Å². The molecule has 0 unspecified atom stereocenters. The van der Waals surface area contributed by atoms with E-state index in [0.29, 0.717) is 24.6 Å². The first-order valence-corrected chi connectivity index (χ1v) is 9.65. The lowest BCUT2D eigenvalue weighted by molar-refractivity contribution is -0.143. The number of amides is 1. The van der Waals surface area contributed by atoms with Crippen LogP contribution in [0.15, 0.2) is 22.6 Å². The van der Waals surface area contributed by atoms with E-state index in [1.165, 1.54) is 12.1 Å². The molecule has 2 aromatic rings. The Morgan fingerprint density at radius 2 is 2.11 bits per heavy atom. The van der Waals surface area contributed by atoms with E-state index in [2.05, 4.69) is 15.5 Å². The maximum atomic E-state index is 13.4. The van der Waals surface area contributed by atoms with E-state index < -0.39 is 5.82 Å². The van der Waals surface area contributed by atoms with Gasteiger partial charge in [-0.25, -0.2) is 4.39 Å². The van der Waals surface area contributed by atoms with Gasteiger partial charge in [-0.3, -0.25) is 4.79 Å². The van der Waals surface area contributed by atoms with Crippen LogP contribution in [0, 0.1) is 5.82 Å². The van der Waals surface area contributed by atoms with Crippen LogP contribution in [0.2, 0.25) is 5.02 Å². The second-order valence-corrected chi connectivity index (χ2v) is 8.68. The van der Waals surface area contributed by atoms with E-state index >= 15 is 0 Å². The van der Waals surface area contributed by atoms with Crippen molar-refractivity contribution in [3.8, 4) is 5.75 Å². The highest BCUT2D eigenvalue weighted by Gasteiger charge is 2.71. The minimum absolute atomic E-state index is 0.00800. The first-order valence-electron chi connectivity index (χ1n) is 9.27. The molecule has 4 fully saturated rings. The number of aliphatic hydroxyl groups excluding tert-OH is 1. The molecule has 1 aromatic heterocycles. The molecular formula is C19H19ClFN3O4. The van der Waals surface area contributed by atoms with Crippen LogP contribution in [0.1, 0.15) is 49.8 Å². The molecule has 0 radical (unpaired) electrons. The summed E-state index contributed by atoms with van der Waals surface area (Å²) in [6.07, 6.45) is 3.36. The fraction of sp³-hybridized carbons (Fsp3) is 0.526. The normalized spacial score (nSPS) is 32.7. The number of hydrogen-bond donors (Lipinski definition) is 2. The van der Waals surface area contributed by atoms with Crippen LogP contribution in [0.25, 0.3) is 0 Å². The molecule has 148 valence electrons. The van der Waals surface area contributed by atoms with E-state index in [-0.39, 0.29) is 46.3 Å². The van der Waals surface area contributed by atoms with Crippen LogP contribution in [0.4, 0.5) is 4.39 Å². The van der Waals surface area contributed by atoms with Gasteiger partial charge in [-0.05, 0) is 44.2 Å². The topological polar surface area (TPSA) is 97.5 Å². The summed E-state index contributed by atoms with van der Waals surface area (Å²) in [6, 6.07) is 4.06. The second-order valence-electron chi connectivity index (χ2n) is 8.27. The lowest BCUT2D eigenvalue weighted by atomic mass is 9.39. The SMILES string of the molecule is O=C(COc1ccc(Cl)c(F)c1)NC12CC(c3nnc(C4CC(O)C4)o3)(C1)C2. The first-order chi connectivity index (χ1) is 13.4. The first kappa shape index (κ1) is 17.9. The van der Waals surface area contributed by atoms with Gasteiger partial charge < -0.3 is 19.6 Å². The summed E-state index contributed by atoms with van der Waals surface area (Å²) < 4.78 is 24.6. The van der Waals surface area contributed by atoms with Crippen molar-refractivity contribution in [1.82, 2.24) is 15.5 Å². The van der Waals surface area contributed by atoms with Gasteiger partial charge in [0.2, 0.25) is 11.8 Å². The third-order valence-corrected chi connectivity index (χ3v) is 6.36. The molecule has 1 amide bonds. The number of aromatic nitrogens is 2. The quantitative estimate of drug-likeness (QED) is 0.763. The summed E-state index contributed by atoms with van der Waals surface area (Å²) in [5, 5.41) is 20.7. The molecule has 0 aliphatic heterocycles. The molecule has 4 aliphatic carbocycles. The molecule has 7 nitrogen and oxygen atoms in total. The molecule has 1 aromatic carbocycles. The third kappa shape index (κ3) is 2.86. The van der Waals surface area contributed by atoms with Gasteiger partial charge in [0.25, 0.3) is 5.91 Å². The third-order valence-electron chi connectivity index (χ3n) is 6.05. The second kappa shape index (κ2) is 6.15. The number of hydrogen-bond acceptors (Lipinski definition) is 6. The summed E-state index contributed by atoms with van der Waals surface area (Å²) in [6.45, 7) is -0.190. The fourth-order valence-electron chi connectivity index (χ4n) is 4.60. The lowest BCUT2D eigenvalue weighted by Gasteiger charge is -2.68. The molecule has 4 saturated carbocycles. The van der Waals surface area contributed by atoms with Gasteiger partial charge in [0.05, 0.1) is 16.5 Å². The zero-order chi connectivity index (χ0) is 19.5. The van der Waals surface area contributed by atoms with Gasteiger partial charge in [-0.2, -0.15) is 0 Å². The van der Waals surface area contributed by atoms with E-state index in [0.717, 1.165) is 25.3 Å². The minimum Gasteiger partial charge on any atom is -0.484 e. The van der Waals surface area contributed by atoms with E-state index in [4.69, 9.17) is 20.8 Å². The fourth-order valence-corrected chi connectivity index (χ4v) is 4.72. The standard InChI is InChI=1S/C19H19ClFN3O4/c20-13-2-1-12(5-14(13)21)27-6-15(26)22-19-7-18(8-19,9-19)17-24-23-16(28-17)10-3-11(25)4-10/h1-2,5,10-11,25H,3-4,6-9H2,(H,22,26). The average molecular weight is 408 g/mol. The Morgan fingerprint density at radius 1 is 1.36 bits per heavy atom. The Hall–Kier alpha value is -2.19. The molecule has 6 rings (SSSR count). The van der Waals surface area contributed by atoms with Crippen LogP contribution in [0.5, 0.6) is 5.75 Å². The molecule has 0 saturated heterocycles. The summed E-state index contributed by atoms with van der Waals surface area (Å²) in [5.74, 6) is 0.812. The highest BCUT2D eigenvalue weighted by molar-refractivity contribution is 6.30. The summed E-state index contributed by atoms with van der Waals surface area (Å²) >= 11 is 5.62. The lowest BCUT2D eigenvalue weighted by Crippen LogP contribution is -2.77. The number of rotatable bonds is 6. The summed E-state index contributed by atoms with van der Waals surface area (Å²) in [7, 11) is 0. The molecular weight excluding hydrogens is 389 g/mol. The van der Waals surface area contributed by atoms with Gasteiger partial charge >= 0.3 is 0 Å². The monoisotopic (exact) mass is 407 g/mol. The number of nitrogens with zero attached hydrogens (tertiary/aromatic N) is 2. The molecule has 1 heterocycles. The van der Waals surface area contributed by atoms with Crippen molar-refractivity contribution in [3.05, 3.63) is 40.8 Å². The highest BCUT2D eigenvalue weighted by atomic mass is 35.5. The van der Waals surface area contributed by atoms with Crippen molar-refractivity contribution in [2.75, 3.05) is 6.61 Å². The summed E-state index contributed by atoms with van der Waals surface area (Å²) in [4.78, 5) is 12.2. The predicted molar refractivity (Wildman–Crippen MR) is 95.6 cm³/mol. The Labute approximate surface area is 165 Å². The molecule has 2 bridgehead atoms. The largest absolute Gasteiger partial charge is 0.484 e. The number of benzene rings is 1. The number of nitrogens with one attached hydrogen (secondary N) is 1. The molecule has 0 atom stereocenters. The zero-order valence-electron chi connectivity index (χ0n) is 15.0. The van der Waals surface area contributed by atoms with Crippen molar-refractivity contribution in [2.24, 2.45) is 0 Å². The highest BCUT2D eigenvalue weighted by Crippen LogP contribution is 2.67. The van der Waals surface area contributed by atoms with Gasteiger partial charge in [0, 0.05) is 17.5 Å². The van der Waals surface area contributed by atoms with E-state index in [1.807, 2.05) is 0 Å².